The summed E-state index contributed by atoms with van der Waals surface area (Å²) in [7, 11) is 0. The molecule has 0 spiro atoms. The summed E-state index contributed by atoms with van der Waals surface area (Å²) in [5, 5.41) is 22.7. The predicted octanol–water partition coefficient (Wildman–Crippen LogP) is 1.15. The van der Waals surface area contributed by atoms with Gasteiger partial charge in [-0.25, -0.2) is 0 Å². The third kappa shape index (κ3) is 3.25. The molecule has 3 N–H and O–H groups in total. The Morgan fingerprint density at radius 3 is 2.96 bits per heavy atom. The number of nitrogens with one attached hydrogen (secondary N) is 3. The van der Waals surface area contributed by atoms with Crippen LogP contribution in [0, 0.1) is 5.92 Å². The molecule has 0 unspecified atom stereocenters. The van der Waals surface area contributed by atoms with Gasteiger partial charge in [0.25, 0.3) is 5.91 Å². The van der Waals surface area contributed by atoms with Crippen molar-refractivity contribution in [3.8, 4) is 0 Å². The fourth-order valence-corrected chi connectivity index (χ4v) is 3.99. The SMILES string of the molecule is CC(C)C[C@@H](NC(=O)c1n[nH]c2c1CCC2)c1nnc2n1CCNCC2. The van der Waals surface area contributed by atoms with E-state index in [1.165, 1.54) is 0 Å². The van der Waals surface area contributed by atoms with Gasteiger partial charge in [-0.15, -0.1) is 10.2 Å². The Balaban J connectivity index is 1.59. The van der Waals surface area contributed by atoms with Crippen LogP contribution in [0.4, 0.5) is 0 Å². The topological polar surface area (TPSA) is 101 Å². The number of hydrogen-bond acceptors (Lipinski definition) is 5. The molecule has 1 aliphatic carbocycles. The van der Waals surface area contributed by atoms with Crippen molar-refractivity contribution in [1.29, 1.82) is 0 Å². The van der Waals surface area contributed by atoms with Crippen molar-refractivity contribution < 1.29 is 4.79 Å². The highest BCUT2D eigenvalue weighted by atomic mass is 16.2. The highest BCUT2D eigenvalue weighted by Crippen LogP contribution is 2.25. The average Bonchev–Trinajstić information content (AvgIpc) is 3.26. The van der Waals surface area contributed by atoms with E-state index in [-0.39, 0.29) is 11.9 Å². The molecule has 2 aliphatic rings. The molecule has 4 rings (SSSR count). The molecule has 8 nitrogen and oxygen atoms in total. The minimum atomic E-state index is -0.157. The summed E-state index contributed by atoms with van der Waals surface area (Å²) in [5.74, 6) is 2.17. The van der Waals surface area contributed by atoms with Crippen molar-refractivity contribution in [1.82, 2.24) is 35.6 Å². The predicted molar refractivity (Wildman–Crippen MR) is 96.9 cm³/mol. The Morgan fingerprint density at radius 1 is 1.23 bits per heavy atom. The molecule has 1 aliphatic heterocycles. The van der Waals surface area contributed by atoms with Gasteiger partial charge in [0.1, 0.15) is 5.82 Å². The minimum Gasteiger partial charge on any atom is -0.341 e. The summed E-state index contributed by atoms with van der Waals surface area (Å²) in [6.45, 7) is 6.96. The van der Waals surface area contributed by atoms with Gasteiger partial charge in [-0.3, -0.25) is 9.89 Å². The Labute approximate surface area is 153 Å². The number of hydrogen-bond donors (Lipinski definition) is 3. The van der Waals surface area contributed by atoms with Crippen molar-refractivity contribution in [3.05, 3.63) is 28.6 Å². The van der Waals surface area contributed by atoms with E-state index in [0.29, 0.717) is 11.6 Å². The Morgan fingerprint density at radius 2 is 2.12 bits per heavy atom. The van der Waals surface area contributed by atoms with E-state index in [1.807, 2.05) is 0 Å². The maximum Gasteiger partial charge on any atom is 0.272 e. The molecule has 2 aromatic heterocycles. The Kier molecular flexibility index (Phi) is 4.76. The minimum absolute atomic E-state index is 0.112. The lowest BCUT2D eigenvalue weighted by Gasteiger charge is -2.21. The standard InChI is InChI=1S/C18H27N7O/c1-11(2)10-14(17-24-22-15-6-7-19-8-9-25(15)17)20-18(26)16-12-4-3-5-13(12)21-23-16/h11,14,19H,3-10H2,1-2H3,(H,20,26)(H,21,23)/t14-/m1/s1. The monoisotopic (exact) mass is 357 g/mol. The molecule has 1 amide bonds. The lowest BCUT2D eigenvalue weighted by Crippen LogP contribution is -2.33. The molecule has 0 saturated heterocycles. The summed E-state index contributed by atoms with van der Waals surface area (Å²) in [6.07, 6.45) is 4.68. The summed E-state index contributed by atoms with van der Waals surface area (Å²) in [4.78, 5) is 12.9. The van der Waals surface area contributed by atoms with Gasteiger partial charge in [-0.1, -0.05) is 13.8 Å². The number of H-pyrrole nitrogens is 1. The van der Waals surface area contributed by atoms with E-state index in [2.05, 4.69) is 49.4 Å². The largest absolute Gasteiger partial charge is 0.341 e. The zero-order chi connectivity index (χ0) is 18.1. The van der Waals surface area contributed by atoms with Crippen LogP contribution in [-0.2, 0) is 25.8 Å². The van der Waals surface area contributed by atoms with Crippen LogP contribution < -0.4 is 10.6 Å². The van der Waals surface area contributed by atoms with E-state index in [1.54, 1.807) is 0 Å². The number of nitrogens with zero attached hydrogens (tertiary/aromatic N) is 4. The molecule has 0 radical (unpaired) electrons. The summed E-state index contributed by atoms with van der Waals surface area (Å²) in [6, 6.07) is -0.157. The number of aryl methyl sites for hydroxylation is 1. The van der Waals surface area contributed by atoms with Crippen molar-refractivity contribution in [2.24, 2.45) is 5.92 Å². The smallest absolute Gasteiger partial charge is 0.272 e. The van der Waals surface area contributed by atoms with E-state index in [4.69, 9.17) is 0 Å². The Hall–Kier alpha value is -2.22. The molecule has 0 saturated carbocycles. The quantitative estimate of drug-likeness (QED) is 0.745. The molecule has 0 aromatic carbocycles. The molecule has 3 heterocycles. The maximum absolute atomic E-state index is 12.9. The summed E-state index contributed by atoms with van der Waals surface area (Å²) >= 11 is 0. The van der Waals surface area contributed by atoms with E-state index < -0.39 is 0 Å². The number of fused-ring (bicyclic) bond motifs is 2. The first-order chi connectivity index (χ1) is 12.6. The van der Waals surface area contributed by atoms with Gasteiger partial charge in [-0.2, -0.15) is 5.10 Å². The van der Waals surface area contributed by atoms with Crippen molar-refractivity contribution in [2.75, 3.05) is 13.1 Å². The van der Waals surface area contributed by atoms with E-state index >= 15 is 0 Å². The summed E-state index contributed by atoms with van der Waals surface area (Å²) < 4.78 is 2.17. The molecule has 8 heteroatoms. The van der Waals surface area contributed by atoms with Crippen LogP contribution in [0.25, 0.3) is 0 Å². The molecule has 1 atom stereocenters. The normalized spacial score (nSPS) is 17.7. The highest BCUT2D eigenvalue weighted by Gasteiger charge is 2.28. The van der Waals surface area contributed by atoms with E-state index in [9.17, 15) is 4.79 Å². The number of carbonyl (C=O) groups is 1. The number of rotatable bonds is 5. The molecular formula is C18H27N7O. The fourth-order valence-electron chi connectivity index (χ4n) is 3.99. The second-order valence-electron chi connectivity index (χ2n) is 7.66. The number of carbonyl (C=O) groups excluding carboxylic acids is 1. The highest BCUT2D eigenvalue weighted by molar-refractivity contribution is 5.94. The third-order valence-corrected chi connectivity index (χ3v) is 5.24. The zero-order valence-electron chi connectivity index (χ0n) is 15.5. The van der Waals surface area contributed by atoms with Crippen LogP contribution in [0.3, 0.4) is 0 Å². The van der Waals surface area contributed by atoms with Crippen molar-refractivity contribution in [3.63, 3.8) is 0 Å². The molecule has 0 bridgehead atoms. The number of amides is 1. The van der Waals surface area contributed by atoms with E-state index in [0.717, 1.165) is 74.6 Å². The number of aromatic amines is 1. The maximum atomic E-state index is 12.9. The van der Waals surface area contributed by atoms with Crippen molar-refractivity contribution in [2.45, 2.75) is 58.5 Å². The molecule has 26 heavy (non-hydrogen) atoms. The van der Waals surface area contributed by atoms with Crippen LogP contribution in [0.5, 0.6) is 0 Å². The van der Waals surface area contributed by atoms with Gasteiger partial charge in [0, 0.05) is 37.3 Å². The Bertz CT molecular complexity index is 792. The second-order valence-corrected chi connectivity index (χ2v) is 7.66. The fraction of sp³-hybridized carbons (Fsp3) is 0.667. The van der Waals surface area contributed by atoms with Gasteiger partial charge in [0.2, 0.25) is 0 Å². The number of aromatic nitrogens is 5. The van der Waals surface area contributed by atoms with Crippen LogP contribution in [0.15, 0.2) is 0 Å². The molecular weight excluding hydrogens is 330 g/mol. The van der Waals surface area contributed by atoms with Crippen LogP contribution in [0.2, 0.25) is 0 Å². The van der Waals surface area contributed by atoms with Crippen molar-refractivity contribution >= 4 is 5.91 Å². The van der Waals surface area contributed by atoms with Gasteiger partial charge in [-0.05, 0) is 31.6 Å². The average molecular weight is 357 g/mol. The van der Waals surface area contributed by atoms with Gasteiger partial charge in [0.05, 0.1) is 6.04 Å². The molecule has 0 fully saturated rings. The third-order valence-electron chi connectivity index (χ3n) is 5.24. The first-order valence-electron chi connectivity index (χ1n) is 9.63. The van der Waals surface area contributed by atoms with Gasteiger partial charge in [0.15, 0.2) is 11.5 Å². The first kappa shape index (κ1) is 17.2. The molecule has 140 valence electrons. The van der Waals surface area contributed by atoms with Crippen LogP contribution in [-0.4, -0.2) is 44.0 Å². The van der Waals surface area contributed by atoms with Gasteiger partial charge < -0.3 is 15.2 Å². The zero-order valence-corrected chi connectivity index (χ0v) is 15.5. The summed E-state index contributed by atoms with van der Waals surface area (Å²) in [5.41, 5.74) is 2.73. The second kappa shape index (κ2) is 7.19. The van der Waals surface area contributed by atoms with Crippen LogP contribution in [0.1, 0.15) is 66.1 Å². The lowest BCUT2D eigenvalue weighted by atomic mass is 10.0. The van der Waals surface area contributed by atoms with Gasteiger partial charge >= 0.3 is 0 Å². The van der Waals surface area contributed by atoms with Crippen LogP contribution >= 0.6 is 0 Å². The molecule has 2 aromatic rings. The first-order valence-corrected chi connectivity index (χ1v) is 9.63. The lowest BCUT2D eigenvalue weighted by molar-refractivity contribution is 0.0923.